The van der Waals surface area contributed by atoms with Crippen LogP contribution in [-0.2, 0) is 14.3 Å². The van der Waals surface area contributed by atoms with Gasteiger partial charge in [-0.25, -0.2) is 0 Å². The highest BCUT2D eigenvalue weighted by Crippen LogP contribution is 2.27. The van der Waals surface area contributed by atoms with Crippen molar-refractivity contribution in [2.75, 3.05) is 20.2 Å². The van der Waals surface area contributed by atoms with Gasteiger partial charge in [-0.05, 0) is 30.6 Å². The number of carbonyl (C=O) groups is 2. The quantitative estimate of drug-likeness (QED) is 0.745. The summed E-state index contributed by atoms with van der Waals surface area (Å²) >= 11 is 0. The number of methoxy groups -OCH3 is 1. The average molecular weight is 283 g/mol. The van der Waals surface area contributed by atoms with Crippen LogP contribution in [0.3, 0.4) is 0 Å². The van der Waals surface area contributed by atoms with E-state index in [0.29, 0.717) is 25.4 Å². The van der Waals surface area contributed by atoms with Crippen LogP contribution in [0.25, 0.3) is 0 Å². The Morgan fingerprint density at radius 3 is 2.25 bits per heavy atom. The minimum absolute atomic E-state index is 0.0314. The van der Waals surface area contributed by atoms with Crippen molar-refractivity contribution >= 4 is 11.9 Å². The second-order valence-corrected chi connectivity index (χ2v) is 7.25. The summed E-state index contributed by atoms with van der Waals surface area (Å²) < 4.78 is 4.76. The van der Waals surface area contributed by atoms with Gasteiger partial charge in [-0.3, -0.25) is 9.59 Å². The van der Waals surface area contributed by atoms with E-state index in [1.807, 2.05) is 4.90 Å². The molecule has 1 fully saturated rings. The van der Waals surface area contributed by atoms with Gasteiger partial charge in [-0.15, -0.1) is 0 Å². The fraction of sp³-hybridized carbons (Fsp3) is 0.875. The van der Waals surface area contributed by atoms with Crippen molar-refractivity contribution in [1.82, 2.24) is 4.90 Å². The van der Waals surface area contributed by atoms with Gasteiger partial charge in [0.05, 0.1) is 13.0 Å². The van der Waals surface area contributed by atoms with Crippen LogP contribution in [0.1, 0.15) is 53.4 Å². The van der Waals surface area contributed by atoms with Crippen LogP contribution in [0, 0.1) is 17.3 Å². The number of piperidine rings is 1. The molecule has 4 nitrogen and oxygen atoms in total. The van der Waals surface area contributed by atoms with Crippen LogP contribution in [-0.4, -0.2) is 37.0 Å². The number of ether oxygens (including phenoxy) is 1. The highest BCUT2D eigenvalue weighted by atomic mass is 16.5. The molecule has 1 aliphatic heterocycles. The molecule has 1 saturated heterocycles. The van der Waals surface area contributed by atoms with Gasteiger partial charge >= 0.3 is 5.97 Å². The van der Waals surface area contributed by atoms with E-state index < -0.39 is 0 Å². The third-order valence-corrected chi connectivity index (χ3v) is 3.87. The molecule has 0 bridgehead atoms. The van der Waals surface area contributed by atoms with Crippen molar-refractivity contribution in [2.24, 2.45) is 17.3 Å². The molecular weight excluding hydrogens is 254 g/mol. The van der Waals surface area contributed by atoms with Crippen LogP contribution in [0.5, 0.6) is 0 Å². The maximum absolute atomic E-state index is 12.3. The molecule has 1 rings (SSSR count). The number of hydrogen-bond donors (Lipinski definition) is 0. The predicted octanol–water partition coefficient (Wildman–Crippen LogP) is 2.86. The van der Waals surface area contributed by atoms with E-state index >= 15 is 0 Å². The molecule has 0 radical (unpaired) electrons. The highest BCUT2D eigenvalue weighted by molar-refractivity contribution is 5.77. The Bertz CT molecular complexity index is 338. The number of esters is 1. The first-order chi connectivity index (χ1) is 9.23. The maximum Gasteiger partial charge on any atom is 0.308 e. The van der Waals surface area contributed by atoms with Gasteiger partial charge in [-0.1, -0.05) is 27.7 Å². The molecule has 1 heterocycles. The molecule has 0 aromatic rings. The van der Waals surface area contributed by atoms with Gasteiger partial charge in [0.2, 0.25) is 5.91 Å². The summed E-state index contributed by atoms with van der Waals surface area (Å²) in [6.07, 6.45) is 3.12. The van der Waals surface area contributed by atoms with E-state index in [2.05, 4.69) is 27.7 Å². The molecule has 20 heavy (non-hydrogen) atoms. The summed E-state index contributed by atoms with van der Waals surface area (Å²) in [7, 11) is 1.42. The number of likely N-dealkylation sites (tertiary alicyclic amines) is 1. The number of amides is 1. The van der Waals surface area contributed by atoms with E-state index in [1.165, 1.54) is 7.11 Å². The van der Waals surface area contributed by atoms with Crippen molar-refractivity contribution in [1.29, 1.82) is 0 Å². The van der Waals surface area contributed by atoms with Gasteiger partial charge in [0.15, 0.2) is 0 Å². The number of carbonyl (C=O) groups excluding carboxylic acids is 2. The first-order valence-corrected chi connectivity index (χ1v) is 7.58. The first kappa shape index (κ1) is 17.0. The van der Waals surface area contributed by atoms with Crippen molar-refractivity contribution in [3.05, 3.63) is 0 Å². The molecular formula is C16H29NO3. The summed E-state index contributed by atoms with van der Waals surface area (Å²) in [6, 6.07) is 0. The molecule has 1 amide bonds. The Balaban J connectivity index is 2.38. The fourth-order valence-corrected chi connectivity index (χ4v) is 3.08. The lowest BCUT2D eigenvalue weighted by atomic mass is 9.84. The minimum Gasteiger partial charge on any atom is -0.469 e. The van der Waals surface area contributed by atoms with Crippen molar-refractivity contribution < 1.29 is 14.3 Å². The van der Waals surface area contributed by atoms with Gasteiger partial charge in [0.25, 0.3) is 0 Å². The molecule has 0 aromatic heterocycles. The van der Waals surface area contributed by atoms with E-state index in [0.717, 1.165) is 19.3 Å². The maximum atomic E-state index is 12.3. The summed E-state index contributed by atoms with van der Waals surface area (Å²) in [5.41, 5.74) is 0.261. The Kier molecular flexibility index (Phi) is 6.03. The third kappa shape index (κ3) is 5.51. The molecule has 1 aliphatic rings. The van der Waals surface area contributed by atoms with Crippen LogP contribution >= 0.6 is 0 Å². The second kappa shape index (κ2) is 7.09. The van der Waals surface area contributed by atoms with E-state index in [4.69, 9.17) is 4.74 Å². The van der Waals surface area contributed by atoms with Crippen molar-refractivity contribution in [3.63, 3.8) is 0 Å². The Morgan fingerprint density at radius 2 is 1.80 bits per heavy atom. The molecule has 116 valence electrons. The minimum atomic E-state index is -0.141. The van der Waals surface area contributed by atoms with Crippen molar-refractivity contribution in [2.45, 2.75) is 53.4 Å². The lowest BCUT2D eigenvalue weighted by Gasteiger charge is -2.32. The van der Waals surface area contributed by atoms with Gasteiger partial charge in [0.1, 0.15) is 0 Å². The molecule has 0 spiro atoms. The van der Waals surface area contributed by atoms with Gasteiger partial charge in [0, 0.05) is 19.5 Å². The highest BCUT2D eigenvalue weighted by Gasteiger charge is 2.28. The lowest BCUT2D eigenvalue weighted by Crippen LogP contribution is -2.41. The lowest BCUT2D eigenvalue weighted by molar-refractivity contribution is -0.149. The number of rotatable bonds is 4. The largest absolute Gasteiger partial charge is 0.469 e. The van der Waals surface area contributed by atoms with Crippen LogP contribution in [0.2, 0.25) is 0 Å². The van der Waals surface area contributed by atoms with Gasteiger partial charge in [-0.2, -0.15) is 0 Å². The third-order valence-electron chi connectivity index (χ3n) is 3.87. The monoisotopic (exact) mass is 283 g/mol. The van der Waals surface area contributed by atoms with Crippen molar-refractivity contribution in [3.8, 4) is 0 Å². The molecule has 0 aliphatic carbocycles. The Morgan fingerprint density at radius 1 is 1.25 bits per heavy atom. The SMILES string of the molecule is COC(=O)C1CCN(C(=O)CC(C)CC(C)(C)C)CC1. The standard InChI is InChI=1S/C16H29NO3/c1-12(11-16(2,3)4)10-14(18)17-8-6-13(7-9-17)15(19)20-5/h12-13H,6-11H2,1-5H3. The summed E-state index contributed by atoms with van der Waals surface area (Å²) in [4.78, 5) is 25.6. The fourth-order valence-electron chi connectivity index (χ4n) is 3.08. The topological polar surface area (TPSA) is 46.6 Å². The molecule has 1 unspecified atom stereocenters. The summed E-state index contributed by atoms with van der Waals surface area (Å²) in [6.45, 7) is 10.1. The van der Waals surface area contributed by atoms with Crippen LogP contribution < -0.4 is 0 Å². The zero-order valence-corrected chi connectivity index (χ0v) is 13.6. The normalized spacial score (nSPS) is 18.8. The molecule has 0 aromatic carbocycles. The molecule has 0 N–H and O–H groups in total. The summed E-state index contributed by atoms with van der Waals surface area (Å²) in [5, 5.41) is 0. The Labute approximate surface area is 122 Å². The second-order valence-electron chi connectivity index (χ2n) is 7.25. The molecule has 4 heteroatoms. The zero-order chi connectivity index (χ0) is 15.3. The Hall–Kier alpha value is -1.06. The predicted molar refractivity (Wildman–Crippen MR) is 79.2 cm³/mol. The number of hydrogen-bond acceptors (Lipinski definition) is 3. The molecule has 1 atom stereocenters. The summed E-state index contributed by atoms with van der Waals surface area (Å²) in [5.74, 6) is 0.458. The number of nitrogens with zero attached hydrogens (tertiary/aromatic N) is 1. The van der Waals surface area contributed by atoms with Crippen LogP contribution in [0.15, 0.2) is 0 Å². The smallest absolute Gasteiger partial charge is 0.308 e. The first-order valence-electron chi connectivity index (χ1n) is 7.58. The van der Waals surface area contributed by atoms with E-state index in [9.17, 15) is 9.59 Å². The van der Waals surface area contributed by atoms with Gasteiger partial charge < -0.3 is 9.64 Å². The zero-order valence-electron chi connectivity index (χ0n) is 13.6. The van der Waals surface area contributed by atoms with E-state index in [1.54, 1.807) is 0 Å². The van der Waals surface area contributed by atoms with E-state index in [-0.39, 0.29) is 23.2 Å². The van der Waals surface area contributed by atoms with Crippen LogP contribution in [0.4, 0.5) is 0 Å². The molecule has 0 saturated carbocycles. The average Bonchev–Trinajstić information content (AvgIpc) is 2.35.